The summed E-state index contributed by atoms with van der Waals surface area (Å²) in [6.07, 6.45) is 1.39. The molecule has 0 N–H and O–H groups in total. The van der Waals surface area contributed by atoms with Gasteiger partial charge in [-0.3, -0.25) is 4.79 Å². The SMILES string of the molecule is CCn1ncc(C(=O)c2ccc3c(c2C)/C(=N/OC)CCS3(=O)=O)c1OS(=O)(=O)CC. The number of aromatic nitrogens is 2. The van der Waals surface area contributed by atoms with Gasteiger partial charge in [-0.15, -0.1) is 0 Å². The van der Waals surface area contributed by atoms with Gasteiger partial charge >= 0.3 is 10.1 Å². The van der Waals surface area contributed by atoms with Crippen molar-refractivity contribution in [1.82, 2.24) is 9.78 Å². The fourth-order valence-electron chi connectivity index (χ4n) is 3.39. The van der Waals surface area contributed by atoms with E-state index in [1.165, 1.54) is 37.0 Å². The van der Waals surface area contributed by atoms with Gasteiger partial charge < -0.3 is 9.02 Å². The molecule has 1 aliphatic rings. The monoisotopic (exact) mass is 469 g/mol. The molecule has 0 unspecified atom stereocenters. The molecule has 0 aliphatic carbocycles. The molecule has 0 saturated carbocycles. The Labute approximate surface area is 180 Å². The van der Waals surface area contributed by atoms with Crippen LogP contribution in [-0.2, 0) is 31.3 Å². The van der Waals surface area contributed by atoms with Gasteiger partial charge in [-0.05, 0) is 38.5 Å². The van der Waals surface area contributed by atoms with Crippen molar-refractivity contribution in [2.75, 3.05) is 18.6 Å². The highest BCUT2D eigenvalue weighted by atomic mass is 32.2. The van der Waals surface area contributed by atoms with E-state index >= 15 is 0 Å². The summed E-state index contributed by atoms with van der Waals surface area (Å²) in [6, 6.07) is 2.77. The molecule has 0 atom stereocenters. The van der Waals surface area contributed by atoms with E-state index < -0.39 is 25.7 Å². The molecule has 168 valence electrons. The smallest absolute Gasteiger partial charge is 0.310 e. The van der Waals surface area contributed by atoms with E-state index in [1.807, 2.05) is 0 Å². The number of ketones is 1. The molecule has 10 nitrogen and oxygen atoms in total. The molecule has 0 bridgehead atoms. The Morgan fingerprint density at radius 1 is 1.26 bits per heavy atom. The molecule has 3 rings (SSSR count). The van der Waals surface area contributed by atoms with Gasteiger partial charge in [-0.25, -0.2) is 13.1 Å². The van der Waals surface area contributed by atoms with Gasteiger partial charge in [0.1, 0.15) is 12.7 Å². The van der Waals surface area contributed by atoms with E-state index in [0.717, 1.165) is 0 Å². The van der Waals surface area contributed by atoms with Crippen LogP contribution in [0.1, 0.15) is 47.3 Å². The minimum absolute atomic E-state index is 0.0363. The number of sulfone groups is 1. The molecule has 1 aromatic carbocycles. The van der Waals surface area contributed by atoms with Gasteiger partial charge in [0, 0.05) is 24.1 Å². The number of carbonyl (C=O) groups excluding carboxylic acids is 1. The van der Waals surface area contributed by atoms with Crippen LogP contribution in [0.4, 0.5) is 0 Å². The fourth-order valence-corrected chi connectivity index (χ4v) is 5.46. The number of oxime groups is 1. The lowest BCUT2D eigenvalue weighted by Crippen LogP contribution is -2.24. The van der Waals surface area contributed by atoms with Crippen LogP contribution in [0.15, 0.2) is 28.4 Å². The highest BCUT2D eigenvalue weighted by Crippen LogP contribution is 2.32. The molecule has 0 radical (unpaired) electrons. The summed E-state index contributed by atoms with van der Waals surface area (Å²) in [7, 11) is -6.07. The topological polar surface area (TPSA) is 134 Å². The lowest BCUT2D eigenvalue weighted by atomic mass is 9.93. The Balaban J connectivity index is 2.18. The Morgan fingerprint density at radius 2 is 1.97 bits per heavy atom. The molecule has 1 aromatic heterocycles. The van der Waals surface area contributed by atoms with Crippen LogP contribution in [0.25, 0.3) is 0 Å². The number of aryl methyl sites for hydroxylation is 1. The van der Waals surface area contributed by atoms with Gasteiger partial charge in [0.25, 0.3) is 0 Å². The summed E-state index contributed by atoms with van der Waals surface area (Å²) in [5, 5.41) is 7.99. The van der Waals surface area contributed by atoms with E-state index in [2.05, 4.69) is 10.3 Å². The molecular weight excluding hydrogens is 446 g/mol. The summed E-state index contributed by atoms with van der Waals surface area (Å²) in [4.78, 5) is 18.3. The second-order valence-corrected chi connectivity index (χ2v) is 10.8. The Bertz CT molecular complexity index is 1280. The van der Waals surface area contributed by atoms with Crippen LogP contribution < -0.4 is 4.18 Å². The second-order valence-electron chi connectivity index (χ2n) is 6.84. The van der Waals surface area contributed by atoms with Gasteiger partial charge in [-0.1, -0.05) is 5.16 Å². The first-order valence-electron chi connectivity index (χ1n) is 9.55. The molecule has 12 heteroatoms. The quantitative estimate of drug-likeness (QED) is 0.340. The average molecular weight is 470 g/mol. The molecule has 31 heavy (non-hydrogen) atoms. The Kier molecular flexibility index (Phi) is 6.23. The van der Waals surface area contributed by atoms with Crippen molar-refractivity contribution in [2.24, 2.45) is 5.16 Å². The molecular formula is C19H23N3O7S2. The largest absolute Gasteiger partial charge is 0.399 e. The van der Waals surface area contributed by atoms with E-state index in [-0.39, 0.29) is 46.4 Å². The zero-order chi connectivity index (χ0) is 23.0. The average Bonchev–Trinajstić information content (AvgIpc) is 3.11. The Morgan fingerprint density at radius 3 is 2.58 bits per heavy atom. The van der Waals surface area contributed by atoms with Crippen molar-refractivity contribution in [3.05, 3.63) is 40.6 Å². The van der Waals surface area contributed by atoms with E-state index in [9.17, 15) is 21.6 Å². The highest BCUT2D eigenvalue weighted by Gasteiger charge is 2.33. The molecule has 0 amide bonds. The minimum atomic E-state index is -3.90. The number of benzene rings is 1. The lowest BCUT2D eigenvalue weighted by molar-refractivity contribution is 0.103. The summed E-state index contributed by atoms with van der Waals surface area (Å²) in [5.74, 6) is -1.10. The third-order valence-corrected chi connectivity index (χ3v) is 7.87. The first-order chi connectivity index (χ1) is 14.6. The standard InChI is InChI=1S/C19H23N3O7S2/c1-5-22-19(29-31(26,27)6-2)14(11-20-22)18(23)13-7-8-16-17(12(13)3)15(21-28-4)9-10-30(16,24)25/h7-8,11H,5-6,9-10H2,1-4H3/b21-15+. The van der Waals surface area contributed by atoms with E-state index in [1.54, 1.807) is 13.8 Å². The molecule has 2 heterocycles. The number of hydrogen-bond donors (Lipinski definition) is 0. The summed E-state index contributed by atoms with van der Waals surface area (Å²) >= 11 is 0. The van der Waals surface area contributed by atoms with Crippen molar-refractivity contribution >= 4 is 31.5 Å². The number of hydrogen-bond acceptors (Lipinski definition) is 9. The number of carbonyl (C=O) groups is 1. The maximum atomic E-state index is 13.4. The number of fused-ring (bicyclic) bond motifs is 1. The van der Waals surface area contributed by atoms with Gasteiger partial charge in [0.15, 0.2) is 15.6 Å². The predicted octanol–water partition coefficient (Wildman–Crippen LogP) is 1.70. The minimum Gasteiger partial charge on any atom is -0.399 e. The molecule has 1 aliphatic heterocycles. The zero-order valence-electron chi connectivity index (χ0n) is 17.6. The van der Waals surface area contributed by atoms with Crippen LogP contribution in [0.5, 0.6) is 5.88 Å². The number of nitrogens with zero attached hydrogens (tertiary/aromatic N) is 3. The van der Waals surface area contributed by atoms with Crippen molar-refractivity contribution in [2.45, 2.75) is 38.6 Å². The zero-order valence-corrected chi connectivity index (χ0v) is 19.2. The van der Waals surface area contributed by atoms with Gasteiger partial charge in [0.05, 0.1) is 28.3 Å². The third kappa shape index (κ3) is 4.22. The van der Waals surface area contributed by atoms with E-state index in [0.29, 0.717) is 16.8 Å². The highest BCUT2D eigenvalue weighted by molar-refractivity contribution is 7.91. The maximum Gasteiger partial charge on any atom is 0.310 e. The molecule has 0 spiro atoms. The van der Waals surface area contributed by atoms with Gasteiger partial charge in [-0.2, -0.15) is 13.5 Å². The van der Waals surface area contributed by atoms with Crippen LogP contribution >= 0.6 is 0 Å². The van der Waals surface area contributed by atoms with Crippen molar-refractivity contribution in [3.63, 3.8) is 0 Å². The summed E-state index contributed by atoms with van der Waals surface area (Å²) in [6.45, 7) is 5.06. The van der Waals surface area contributed by atoms with Crippen LogP contribution in [-0.4, -0.2) is 56.7 Å². The Hall–Kier alpha value is -2.73. The fraction of sp³-hybridized carbons (Fsp3) is 0.421. The first kappa shape index (κ1) is 22.9. The molecule has 0 saturated heterocycles. The third-order valence-electron chi connectivity index (χ3n) is 5.00. The van der Waals surface area contributed by atoms with Crippen LogP contribution in [0.2, 0.25) is 0 Å². The summed E-state index contributed by atoms with van der Waals surface area (Å²) in [5.41, 5.74) is 1.30. The van der Waals surface area contributed by atoms with Crippen molar-refractivity contribution in [3.8, 4) is 5.88 Å². The maximum absolute atomic E-state index is 13.4. The number of rotatable bonds is 7. The van der Waals surface area contributed by atoms with Crippen LogP contribution in [0, 0.1) is 6.92 Å². The van der Waals surface area contributed by atoms with Crippen molar-refractivity contribution < 1.29 is 30.7 Å². The first-order valence-corrected chi connectivity index (χ1v) is 12.8. The van der Waals surface area contributed by atoms with Gasteiger partial charge in [0.2, 0.25) is 5.88 Å². The normalized spacial score (nSPS) is 16.7. The second kappa shape index (κ2) is 8.42. The summed E-state index contributed by atoms with van der Waals surface area (Å²) < 4.78 is 55.5. The molecule has 2 aromatic rings. The predicted molar refractivity (Wildman–Crippen MR) is 113 cm³/mol. The van der Waals surface area contributed by atoms with Crippen LogP contribution in [0.3, 0.4) is 0 Å². The molecule has 0 fully saturated rings. The van der Waals surface area contributed by atoms with Crippen molar-refractivity contribution in [1.29, 1.82) is 0 Å². The lowest BCUT2D eigenvalue weighted by Gasteiger charge is -2.21. The van der Waals surface area contributed by atoms with E-state index in [4.69, 9.17) is 9.02 Å².